The van der Waals surface area contributed by atoms with Crippen LogP contribution >= 0.6 is 0 Å². The second-order valence-electron chi connectivity index (χ2n) is 9.32. The van der Waals surface area contributed by atoms with Crippen molar-refractivity contribution in [2.45, 2.75) is 25.3 Å². The van der Waals surface area contributed by atoms with Gasteiger partial charge in [-0.25, -0.2) is 18.4 Å². The lowest BCUT2D eigenvalue weighted by molar-refractivity contribution is -0.143. The van der Waals surface area contributed by atoms with E-state index < -0.39 is 27.9 Å². The number of aliphatic imine (C=N–C) groups is 1. The summed E-state index contributed by atoms with van der Waals surface area (Å²) in [5, 5.41) is 7.93. The van der Waals surface area contributed by atoms with E-state index in [1.54, 1.807) is 66.7 Å². The van der Waals surface area contributed by atoms with Gasteiger partial charge >= 0.3 is 17.9 Å². The maximum atomic E-state index is 13.2. The molecule has 3 aromatic carbocycles. The molecule has 3 aromatic rings. The first-order chi connectivity index (χ1) is 18.9. The first kappa shape index (κ1) is 30.0. The summed E-state index contributed by atoms with van der Waals surface area (Å²) in [7, 11) is -2.74. The molecule has 40 heavy (non-hydrogen) atoms. The Hall–Kier alpha value is -4.55. The van der Waals surface area contributed by atoms with Crippen molar-refractivity contribution in [2.24, 2.45) is 21.8 Å². The number of nitrogens with two attached hydrogens (primary N) is 2. The van der Waals surface area contributed by atoms with E-state index in [1.165, 1.54) is 18.1 Å². The number of hydrogen-bond donors (Lipinski definition) is 3. The van der Waals surface area contributed by atoms with Crippen LogP contribution in [0.5, 0.6) is 0 Å². The highest BCUT2D eigenvalue weighted by Gasteiger charge is 2.23. The van der Waals surface area contributed by atoms with Gasteiger partial charge in [0.1, 0.15) is 5.84 Å². The molecule has 0 atom stereocenters. The zero-order valence-corrected chi connectivity index (χ0v) is 23.1. The smallest absolute Gasteiger partial charge is 0.435 e. The normalized spacial score (nSPS) is 11.7. The van der Waals surface area contributed by atoms with Gasteiger partial charge in [-0.1, -0.05) is 62.4 Å². The average molecular weight is 566 g/mol. The number of anilines is 1. The van der Waals surface area contributed by atoms with Crippen LogP contribution in [0.2, 0.25) is 0 Å². The molecule has 3 amide bonds. The number of nitrogens with zero attached hydrogens (tertiary/aromatic N) is 2. The third-order valence-corrected chi connectivity index (χ3v) is 6.67. The standard InChI is InChI=1S/C28H31N5O6S/c1-18(2)16-33(17-19-7-6-8-21(15-19)25(29)32-28(36)39-3)27(35)26(34)31-22-13-11-20(12-14-22)23-9-4-5-10-24(23)40(30,37)38/h4-15,18H,16-17H2,1-3H3,(H,31,34)(H2,29,32,36)(H2,30,37,38). The molecule has 0 aliphatic rings. The molecule has 0 aliphatic carbocycles. The predicted octanol–water partition coefficient (Wildman–Crippen LogP) is 3.10. The van der Waals surface area contributed by atoms with Crippen molar-refractivity contribution in [3.63, 3.8) is 0 Å². The topological polar surface area (TPSA) is 174 Å². The SMILES string of the molecule is COC(=O)/N=C(\N)c1cccc(CN(CC(C)C)C(=O)C(=O)Nc2ccc(-c3ccccc3S(N)(=O)=O)cc2)c1. The van der Waals surface area contributed by atoms with Crippen molar-refractivity contribution in [3.05, 3.63) is 83.9 Å². The minimum Gasteiger partial charge on any atom is -0.451 e. The van der Waals surface area contributed by atoms with Crippen LogP contribution in [0.3, 0.4) is 0 Å². The molecule has 0 aliphatic heterocycles. The fraction of sp³-hybridized carbons (Fsp3) is 0.214. The van der Waals surface area contributed by atoms with Crippen LogP contribution < -0.4 is 16.2 Å². The lowest BCUT2D eigenvalue weighted by Gasteiger charge is -2.24. The van der Waals surface area contributed by atoms with Crippen molar-refractivity contribution in [2.75, 3.05) is 19.0 Å². The summed E-state index contributed by atoms with van der Waals surface area (Å²) in [6.45, 7) is 4.28. The molecule has 0 radical (unpaired) electrons. The molecule has 5 N–H and O–H groups in total. The van der Waals surface area contributed by atoms with Crippen molar-refractivity contribution in [3.8, 4) is 11.1 Å². The van der Waals surface area contributed by atoms with Crippen molar-refractivity contribution >= 4 is 39.5 Å². The highest BCUT2D eigenvalue weighted by Crippen LogP contribution is 2.27. The molecule has 0 saturated carbocycles. The van der Waals surface area contributed by atoms with Gasteiger partial charge in [0, 0.05) is 29.9 Å². The molecule has 0 unspecified atom stereocenters. The number of nitrogens with one attached hydrogen (secondary N) is 1. The second-order valence-corrected chi connectivity index (χ2v) is 10.8. The Morgan fingerprint density at radius 1 is 1.00 bits per heavy atom. The minimum absolute atomic E-state index is 0.0197. The Balaban J connectivity index is 1.77. The number of carbonyl (C=O) groups is 3. The van der Waals surface area contributed by atoms with Crippen molar-refractivity contribution in [1.82, 2.24) is 4.90 Å². The molecule has 0 fully saturated rings. The molecule has 0 aromatic heterocycles. The summed E-state index contributed by atoms with van der Waals surface area (Å²) >= 11 is 0. The van der Waals surface area contributed by atoms with Crippen molar-refractivity contribution < 1.29 is 27.5 Å². The highest BCUT2D eigenvalue weighted by molar-refractivity contribution is 7.89. The van der Waals surface area contributed by atoms with Gasteiger partial charge in [0.15, 0.2) is 0 Å². The number of amidine groups is 1. The van der Waals surface area contributed by atoms with Gasteiger partial charge in [-0.15, -0.1) is 0 Å². The summed E-state index contributed by atoms with van der Waals surface area (Å²) in [6, 6.07) is 19.5. The third kappa shape index (κ3) is 7.98. The van der Waals surface area contributed by atoms with Crippen LogP contribution in [-0.2, 0) is 30.9 Å². The second kappa shape index (κ2) is 13.0. The van der Waals surface area contributed by atoms with E-state index in [4.69, 9.17) is 10.9 Å². The van der Waals surface area contributed by atoms with E-state index in [0.29, 0.717) is 34.5 Å². The van der Waals surface area contributed by atoms with E-state index in [2.05, 4.69) is 15.0 Å². The number of rotatable bonds is 8. The quantitative estimate of drug-likeness (QED) is 0.214. The molecule has 12 heteroatoms. The summed E-state index contributed by atoms with van der Waals surface area (Å²) < 4.78 is 28.4. The Morgan fingerprint density at radius 3 is 2.30 bits per heavy atom. The summed E-state index contributed by atoms with van der Waals surface area (Å²) in [4.78, 5) is 42.5. The summed E-state index contributed by atoms with van der Waals surface area (Å²) in [5.74, 6) is -1.53. The molecule has 0 saturated heterocycles. The zero-order valence-electron chi connectivity index (χ0n) is 22.3. The van der Waals surface area contributed by atoms with Crippen molar-refractivity contribution in [1.29, 1.82) is 0 Å². The highest BCUT2D eigenvalue weighted by atomic mass is 32.2. The van der Waals surface area contributed by atoms with Gasteiger partial charge < -0.3 is 20.7 Å². The molecule has 3 rings (SSSR count). The van der Waals surface area contributed by atoms with Crippen LogP contribution in [0.4, 0.5) is 10.5 Å². The van der Waals surface area contributed by atoms with Gasteiger partial charge in [0.25, 0.3) is 0 Å². The number of methoxy groups -OCH3 is 1. The lowest BCUT2D eigenvalue weighted by Crippen LogP contribution is -2.41. The van der Waals surface area contributed by atoms with Gasteiger partial charge in [0.2, 0.25) is 10.0 Å². The Kier molecular flexibility index (Phi) is 9.75. The lowest BCUT2D eigenvalue weighted by atomic mass is 10.1. The van der Waals surface area contributed by atoms with Gasteiger partial charge in [-0.05, 0) is 41.3 Å². The van der Waals surface area contributed by atoms with Crippen LogP contribution in [-0.4, -0.2) is 50.7 Å². The number of primary sulfonamides is 1. The molecule has 0 spiro atoms. The summed E-state index contributed by atoms with van der Waals surface area (Å²) in [5.41, 5.74) is 8.39. The molecule has 11 nitrogen and oxygen atoms in total. The van der Waals surface area contributed by atoms with Crippen LogP contribution in [0.1, 0.15) is 25.0 Å². The Morgan fingerprint density at radius 2 is 1.68 bits per heavy atom. The fourth-order valence-corrected chi connectivity index (χ4v) is 4.69. The van der Waals surface area contributed by atoms with Gasteiger partial charge in [0.05, 0.1) is 12.0 Å². The maximum absolute atomic E-state index is 13.2. The first-order valence-corrected chi connectivity index (χ1v) is 13.8. The van der Waals surface area contributed by atoms with Gasteiger partial charge in [-0.3, -0.25) is 9.59 Å². The van der Waals surface area contributed by atoms with E-state index >= 15 is 0 Å². The zero-order chi connectivity index (χ0) is 29.4. The number of carbonyl (C=O) groups excluding carboxylic acids is 3. The number of hydrogen-bond acceptors (Lipinski definition) is 6. The van der Waals surface area contributed by atoms with Crippen LogP contribution in [0, 0.1) is 5.92 Å². The molecule has 210 valence electrons. The number of amides is 3. The summed E-state index contributed by atoms with van der Waals surface area (Å²) in [6.07, 6.45) is -0.835. The number of benzene rings is 3. The Labute approximate surface area is 232 Å². The Bertz CT molecular complexity index is 1530. The molecular weight excluding hydrogens is 534 g/mol. The third-order valence-electron chi connectivity index (χ3n) is 5.70. The largest absolute Gasteiger partial charge is 0.451 e. The van der Waals surface area contributed by atoms with E-state index in [1.807, 2.05) is 13.8 Å². The fourth-order valence-electron chi connectivity index (χ4n) is 3.93. The minimum atomic E-state index is -3.94. The number of ether oxygens (including phenoxy) is 1. The van der Waals surface area contributed by atoms with E-state index in [0.717, 1.165) is 0 Å². The van der Waals surface area contributed by atoms with E-state index in [9.17, 15) is 22.8 Å². The number of sulfonamides is 1. The predicted molar refractivity (Wildman–Crippen MR) is 152 cm³/mol. The molecule has 0 heterocycles. The maximum Gasteiger partial charge on any atom is 0.435 e. The van der Waals surface area contributed by atoms with Gasteiger partial charge in [-0.2, -0.15) is 4.99 Å². The first-order valence-electron chi connectivity index (χ1n) is 12.2. The molecule has 0 bridgehead atoms. The monoisotopic (exact) mass is 565 g/mol. The average Bonchev–Trinajstić information content (AvgIpc) is 2.92. The molecular formula is C28H31N5O6S. The van der Waals surface area contributed by atoms with Crippen LogP contribution in [0.25, 0.3) is 11.1 Å². The van der Waals surface area contributed by atoms with Crippen LogP contribution in [0.15, 0.2) is 82.7 Å². The van der Waals surface area contributed by atoms with E-state index in [-0.39, 0.29) is 23.2 Å².